The molecule has 124 valence electrons. The van der Waals surface area contributed by atoms with Crippen molar-refractivity contribution in [1.82, 2.24) is 10.2 Å². The molecule has 1 aromatic heterocycles. The third kappa shape index (κ3) is 3.06. The highest BCUT2D eigenvalue weighted by Crippen LogP contribution is 2.32. The van der Waals surface area contributed by atoms with Crippen molar-refractivity contribution in [3.8, 4) is 0 Å². The third-order valence-electron chi connectivity index (χ3n) is 4.14. The quantitative estimate of drug-likeness (QED) is 0.796. The average Bonchev–Trinajstić information content (AvgIpc) is 3.06. The van der Waals surface area contributed by atoms with E-state index in [0.29, 0.717) is 5.82 Å². The van der Waals surface area contributed by atoms with Crippen LogP contribution >= 0.6 is 0 Å². The Bertz CT molecular complexity index is 927. The molecule has 1 aliphatic heterocycles. The van der Waals surface area contributed by atoms with Gasteiger partial charge in [0.05, 0.1) is 0 Å². The minimum atomic E-state index is -0.457. The van der Waals surface area contributed by atoms with Crippen molar-refractivity contribution in [3.63, 3.8) is 0 Å². The van der Waals surface area contributed by atoms with Crippen molar-refractivity contribution in [2.24, 2.45) is 0 Å². The summed E-state index contributed by atoms with van der Waals surface area (Å²) in [5.41, 5.74) is 2.65. The number of fused-ring (bicyclic) bond motifs is 1. The molecular weight excluding hydrogens is 319 g/mol. The van der Waals surface area contributed by atoms with Gasteiger partial charge in [0, 0.05) is 17.8 Å². The predicted molar refractivity (Wildman–Crippen MR) is 93.5 cm³/mol. The van der Waals surface area contributed by atoms with E-state index in [1.54, 1.807) is 12.1 Å². The highest BCUT2D eigenvalue weighted by atomic mass is 19.1. The van der Waals surface area contributed by atoms with Gasteiger partial charge in [-0.15, -0.1) is 10.2 Å². The van der Waals surface area contributed by atoms with Crippen molar-refractivity contribution >= 4 is 23.2 Å². The fraction of sp³-hybridized carbons (Fsp3) is 0.105. The van der Waals surface area contributed by atoms with Gasteiger partial charge in [-0.3, -0.25) is 4.79 Å². The fourth-order valence-corrected chi connectivity index (χ4v) is 2.93. The number of hydrogen-bond acceptors (Lipinski definition) is 4. The monoisotopic (exact) mass is 334 g/mol. The summed E-state index contributed by atoms with van der Waals surface area (Å²) in [7, 11) is 0. The Kier molecular flexibility index (Phi) is 3.85. The molecule has 1 aliphatic rings. The van der Waals surface area contributed by atoms with Gasteiger partial charge in [-0.1, -0.05) is 24.3 Å². The number of aromatic nitrogens is 2. The zero-order valence-electron chi connectivity index (χ0n) is 13.3. The molecule has 2 heterocycles. The topological polar surface area (TPSA) is 58.1 Å². The number of halogens is 1. The Labute approximate surface area is 144 Å². The molecule has 0 radical (unpaired) electrons. The van der Waals surface area contributed by atoms with Gasteiger partial charge in [-0.05, 0) is 48.4 Å². The molecule has 3 aromatic rings. The number of para-hydroxylation sites is 1. The molecule has 0 spiro atoms. The van der Waals surface area contributed by atoms with E-state index in [-0.39, 0.29) is 5.56 Å². The van der Waals surface area contributed by atoms with Crippen molar-refractivity contribution in [2.75, 3.05) is 16.8 Å². The fourth-order valence-electron chi connectivity index (χ4n) is 2.93. The number of nitrogens with zero attached hydrogens (tertiary/aromatic N) is 3. The molecular formula is C19H15FN4O. The molecule has 6 heteroatoms. The van der Waals surface area contributed by atoms with E-state index in [2.05, 4.69) is 32.5 Å². The Hall–Kier alpha value is -3.28. The van der Waals surface area contributed by atoms with E-state index in [0.717, 1.165) is 24.5 Å². The van der Waals surface area contributed by atoms with Crippen LogP contribution in [0.25, 0.3) is 0 Å². The first-order valence-corrected chi connectivity index (χ1v) is 7.97. The molecule has 0 fully saturated rings. The van der Waals surface area contributed by atoms with E-state index >= 15 is 0 Å². The third-order valence-corrected chi connectivity index (χ3v) is 4.14. The Balaban J connectivity index is 1.50. The van der Waals surface area contributed by atoms with Gasteiger partial charge in [0.2, 0.25) is 0 Å². The van der Waals surface area contributed by atoms with Crippen LogP contribution in [0.1, 0.15) is 15.9 Å². The number of benzene rings is 2. The summed E-state index contributed by atoms with van der Waals surface area (Å²) in [5, 5.41) is 10.9. The lowest BCUT2D eigenvalue weighted by Crippen LogP contribution is -2.17. The summed E-state index contributed by atoms with van der Waals surface area (Å²) in [6.45, 7) is 0.850. The zero-order chi connectivity index (χ0) is 17.2. The van der Waals surface area contributed by atoms with Gasteiger partial charge < -0.3 is 10.2 Å². The summed E-state index contributed by atoms with van der Waals surface area (Å²) >= 11 is 0. The highest BCUT2D eigenvalue weighted by Gasteiger charge is 2.21. The largest absolute Gasteiger partial charge is 0.324 e. The highest BCUT2D eigenvalue weighted by molar-refractivity contribution is 6.03. The molecule has 1 N–H and O–H groups in total. The first kappa shape index (κ1) is 15.3. The smallest absolute Gasteiger partial charge is 0.256 e. The van der Waals surface area contributed by atoms with Crippen molar-refractivity contribution < 1.29 is 9.18 Å². The molecule has 25 heavy (non-hydrogen) atoms. The number of hydrogen-bond donors (Lipinski definition) is 1. The molecule has 2 aromatic carbocycles. The molecule has 0 bridgehead atoms. The summed E-state index contributed by atoms with van der Waals surface area (Å²) in [5.74, 6) is 0.175. The van der Waals surface area contributed by atoms with Crippen LogP contribution in [0.15, 0.2) is 60.7 Å². The minimum absolute atomic E-state index is 0.236. The second kappa shape index (κ2) is 6.32. The van der Waals surface area contributed by atoms with Crippen LogP contribution in [0, 0.1) is 5.82 Å². The van der Waals surface area contributed by atoms with Gasteiger partial charge in [0.15, 0.2) is 11.6 Å². The Morgan fingerprint density at radius 3 is 2.72 bits per heavy atom. The number of carbonyl (C=O) groups excluding carboxylic acids is 1. The van der Waals surface area contributed by atoms with Crippen LogP contribution in [0.2, 0.25) is 0 Å². The van der Waals surface area contributed by atoms with Crippen LogP contribution in [0.3, 0.4) is 0 Å². The first-order valence-electron chi connectivity index (χ1n) is 7.97. The molecule has 0 aliphatic carbocycles. The zero-order valence-corrected chi connectivity index (χ0v) is 13.3. The van der Waals surface area contributed by atoms with E-state index in [1.165, 1.54) is 23.8 Å². The van der Waals surface area contributed by atoms with Crippen LogP contribution in [-0.4, -0.2) is 22.6 Å². The van der Waals surface area contributed by atoms with Gasteiger partial charge in [-0.25, -0.2) is 4.39 Å². The second-order valence-electron chi connectivity index (χ2n) is 5.77. The maximum atomic E-state index is 13.2. The molecule has 0 atom stereocenters. The first-order chi connectivity index (χ1) is 12.2. The van der Waals surface area contributed by atoms with Crippen LogP contribution in [0.5, 0.6) is 0 Å². The molecule has 4 rings (SSSR count). The Morgan fingerprint density at radius 1 is 1.04 bits per heavy atom. The number of rotatable bonds is 3. The second-order valence-corrected chi connectivity index (χ2v) is 5.77. The van der Waals surface area contributed by atoms with E-state index in [4.69, 9.17) is 0 Å². The van der Waals surface area contributed by atoms with Crippen LogP contribution < -0.4 is 10.2 Å². The average molecular weight is 334 g/mol. The van der Waals surface area contributed by atoms with Crippen LogP contribution in [-0.2, 0) is 6.42 Å². The Morgan fingerprint density at radius 2 is 1.92 bits per heavy atom. The van der Waals surface area contributed by atoms with E-state index in [1.807, 2.05) is 18.2 Å². The lowest BCUT2D eigenvalue weighted by atomic mass is 10.2. The number of anilines is 3. The maximum absolute atomic E-state index is 13.2. The SMILES string of the molecule is O=C(Nc1ccc(N2CCc3ccccc32)nn1)c1cccc(F)c1. The molecule has 0 saturated heterocycles. The van der Waals surface area contributed by atoms with Gasteiger partial charge >= 0.3 is 0 Å². The summed E-state index contributed by atoms with van der Waals surface area (Å²) in [6, 6.07) is 17.2. The van der Waals surface area contributed by atoms with Gasteiger partial charge in [-0.2, -0.15) is 0 Å². The summed E-state index contributed by atoms with van der Waals surface area (Å²) in [4.78, 5) is 14.2. The minimum Gasteiger partial charge on any atom is -0.324 e. The predicted octanol–water partition coefficient (Wildman–Crippen LogP) is 3.56. The normalized spacial score (nSPS) is 12.8. The van der Waals surface area contributed by atoms with Crippen molar-refractivity contribution in [3.05, 3.63) is 77.6 Å². The standard InChI is InChI=1S/C19H15FN4O/c20-15-6-3-5-14(12-15)19(25)21-17-8-9-18(23-22-17)24-11-10-13-4-1-2-7-16(13)24/h1-9,12H,10-11H2,(H,21,22,25). The lowest BCUT2D eigenvalue weighted by Gasteiger charge is -2.17. The van der Waals surface area contributed by atoms with E-state index in [9.17, 15) is 9.18 Å². The van der Waals surface area contributed by atoms with Gasteiger partial charge in [0.25, 0.3) is 5.91 Å². The number of carbonyl (C=O) groups is 1. The molecule has 0 unspecified atom stereocenters. The number of amides is 1. The number of nitrogens with one attached hydrogen (secondary N) is 1. The molecule has 5 nitrogen and oxygen atoms in total. The molecule has 1 amide bonds. The van der Waals surface area contributed by atoms with Crippen molar-refractivity contribution in [2.45, 2.75) is 6.42 Å². The van der Waals surface area contributed by atoms with E-state index < -0.39 is 11.7 Å². The lowest BCUT2D eigenvalue weighted by molar-refractivity contribution is 0.102. The summed E-state index contributed by atoms with van der Waals surface area (Å²) in [6.07, 6.45) is 0.968. The van der Waals surface area contributed by atoms with Crippen LogP contribution in [0.4, 0.5) is 21.7 Å². The maximum Gasteiger partial charge on any atom is 0.256 e. The van der Waals surface area contributed by atoms with Gasteiger partial charge in [0.1, 0.15) is 5.82 Å². The van der Waals surface area contributed by atoms with Crippen molar-refractivity contribution in [1.29, 1.82) is 0 Å². The molecule has 0 saturated carbocycles. The summed E-state index contributed by atoms with van der Waals surface area (Å²) < 4.78 is 13.2.